The molecule has 1 heterocycles. The van der Waals surface area contributed by atoms with Crippen LogP contribution in [0.2, 0.25) is 0 Å². The number of fused-ring (bicyclic) bond motifs is 1. The highest BCUT2D eigenvalue weighted by molar-refractivity contribution is 9.10. The number of nitrogens with one attached hydrogen (secondary N) is 1. The van der Waals surface area contributed by atoms with Crippen LogP contribution >= 0.6 is 15.9 Å². The minimum Gasteiger partial charge on any atom is -0.367 e. The van der Waals surface area contributed by atoms with Gasteiger partial charge in [-0.2, -0.15) is 0 Å². The Bertz CT molecular complexity index is 1450. The topological polar surface area (TPSA) is 75.4 Å². The Morgan fingerprint density at radius 2 is 1.68 bits per heavy atom. The lowest BCUT2D eigenvalue weighted by Gasteiger charge is -2.32. The summed E-state index contributed by atoms with van der Waals surface area (Å²) in [6.07, 6.45) is 2.00. The van der Waals surface area contributed by atoms with Gasteiger partial charge >= 0.3 is 0 Å². The fourth-order valence-corrected chi connectivity index (χ4v) is 5.28. The second-order valence-corrected chi connectivity index (χ2v) is 10.1. The molecule has 0 unspecified atom stereocenters. The van der Waals surface area contributed by atoms with E-state index < -0.39 is 5.91 Å². The van der Waals surface area contributed by atoms with Crippen LogP contribution in [0.5, 0.6) is 0 Å². The average Bonchev–Trinajstić information content (AvgIpc) is 2.93. The number of primary amides is 1. The Kier molecular flexibility index (Phi) is 7.37. The molecule has 1 aliphatic rings. The number of amides is 2. The predicted octanol–water partition coefficient (Wildman–Crippen LogP) is 6.10. The lowest BCUT2D eigenvalue weighted by atomic mass is 9.97. The van der Waals surface area contributed by atoms with Gasteiger partial charge in [0, 0.05) is 40.9 Å². The van der Waals surface area contributed by atoms with Gasteiger partial charge in [-0.3, -0.25) is 9.59 Å². The Balaban J connectivity index is 1.28. The molecular weight excluding hydrogens is 526 g/mol. The molecular formula is C31H28BrN3O2. The molecule has 186 valence electrons. The van der Waals surface area contributed by atoms with E-state index in [1.807, 2.05) is 66.7 Å². The summed E-state index contributed by atoms with van der Waals surface area (Å²) < 4.78 is 0.987. The first kappa shape index (κ1) is 24.8. The van der Waals surface area contributed by atoms with Crippen molar-refractivity contribution in [2.24, 2.45) is 5.73 Å². The average molecular weight is 554 g/mol. The summed E-state index contributed by atoms with van der Waals surface area (Å²) in [5.41, 5.74) is 13.2. The number of anilines is 1. The standard InChI is InChI=1S/C31H28BrN3O2/c32-28-10-4-1-6-25(28)19-34-31(37)24-15-16-29-23(18-24)7-5-17-35(29)20-21-11-13-22(14-12-21)26-8-2-3-9-27(26)30(33)36/h1-4,6,8-16,18H,5,7,17,19-20H2,(H2,33,36)(H,34,37). The molecule has 0 aliphatic carbocycles. The molecule has 0 bridgehead atoms. The van der Waals surface area contributed by atoms with Crippen molar-refractivity contribution in [3.05, 3.63) is 123 Å². The van der Waals surface area contributed by atoms with Crippen molar-refractivity contribution < 1.29 is 9.59 Å². The number of halogens is 1. The van der Waals surface area contributed by atoms with Crippen LogP contribution in [0.1, 0.15) is 43.8 Å². The van der Waals surface area contributed by atoms with E-state index in [0.29, 0.717) is 17.7 Å². The SMILES string of the molecule is NC(=O)c1ccccc1-c1ccc(CN2CCCc3cc(C(=O)NCc4ccccc4Br)ccc32)cc1. The number of hydrogen-bond donors (Lipinski definition) is 2. The van der Waals surface area contributed by atoms with Crippen LogP contribution in [0, 0.1) is 0 Å². The quantitative estimate of drug-likeness (QED) is 0.290. The van der Waals surface area contributed by atoms with E-state index in [4.69, 9.17) is 5.73 Å². The van der Waals surface area contributed by atoms with Gasteiger partial charge in [0.2, 0.25) is 5.91 Å². The second kappa shape index (κ2) is 11.0. The number of rotatable bonds is 7. The molecule has 0 aromatic heterocycles. The van der Waals surface area contributed by atoms with Crippen molar-refractivity contribution in [1.29, 1.82) is 0 Å². The zero-order valence-electron chi connectivity index (χ0n) is 20.4. The number of benzene rings is 4. The van der Waals surface area contributed by atoms with Crippen LogP contribution < -0.4 is 16.0 Å². The van der Waals surface area contributed by atoms with E-state index in [2.05, 4.69) is 44.3 Å². The summed E-state index contributed by atoms with van der Waals surface area (Å²) in [5, 5.41) is 3.03. The van der Waals surface area contributed by atoms with Crippen molar-refractivity contribution in [3.63, 3.8) is 0 Å². The Morgan fingerprint density at radius 1 is 0.919 bits per heavy atom. The van der Waals surface area contributed by atoms with Crippen LogP contribution in [-0.4, -0.2) is 18.4 Å². The van der Waals surface area contributed by atoms with Gasteiger partial charge in [0.15, 0.2) is 0 Å². The van der Waals surface area contributed by atoms with Crippen LogP contribution in [0.4, 0.5) is 5.69 Å². The summed E-state index contributed by atoms with van der Waals surface area (Å²) in [5.74, 6) is -0.493. The van der Waals surface area contributed by atoms with Crippen molar-refractivity contribution in [3.8, 4) is 11.1 Å². The minimum absolute atomic E-state index is 0.0671. The highest BCUT2D eigenvalue weighted by Crippen LogP contribution is 2.30. The predicted molar refractivity (Wildman–Crippen MR) is 152 cm³/mol. The molecule has 5 nitrogen and oxygen atoms in total. The van der Waals surface area contributed by atoms with Gasteiger partial charge in [-0.15, -0.1) is 0 Å². The van der Waals surface area contributed by atoms with Crippen molar-refractivity contribution in [1.82, 2.24) is 5.32 Å². The molecule has 0 fully saturated rings. The number of carbonyl (C=O) groups is 2. The smallest absolute Gasteiger partial charge is 0.251 e. The Labute approximate surface area is 225 Å². The van der Waals surface area contributed by atoms with Crippen molar-refractivity contribution in [2.75, 3.05) is 11.4 Å². The molecule has 0 atom stereocenters. The molecule has 0 spiro atoms. The first-order valence-corrected chi connectivity index (χ1v) is 13.2. The number of aryl methyl sites for hydroxylation is 1. The molecule has 3 N–H and O–H groups in total. The highest BCUT2D eigenvalue weighted by atomic mass is 79.9. The van der Waals surface area contributed by atoms with E-state index in [0.717, 1.165) is 47.1 Å². The molecule has 6 heteroatoms. The zero-order chi connectivity index (χ0) is 25.8. The van der Waals surface area contributed by atoms with Gasteiger partial charge in [-0.25, -0.2) is 0 Å². The third kappa shape index (κ3) is 5.59. The number of nitrogens with two attached hydrogens (primary N) is 1. The molecule has 2 amide bonds. The Hall–Kier alpha value is -3.90. The minimum atomic E-state index is -0.425. The number of carbonyl (C=O) groups excluding carboxylic acids is 2. The first-order chi connectivity index (χ1) is 18.0. The largest absolute Gasteiger partial charge is 0.367 e. The van der Waals surface area contributed by atoms with Gasteiger partial charge < -0.3 is 16.0 Å². The third-order valence-electron chi connectivity index (χ3n) is 6.78. The van der Waals surface area contributed by atoms with Gasteiger partial charge in [0.1, 0.15) is 0 Å². The molecule has 5 rings (SSSR count). The monoisotopic (exact) mass is 553 g/mol. The zero-order valence-corrected chi connectivity index (χ0v) is 22.0. The maximum Gasteiger partial charge on any atom is 0.251 e. The van der Waals surface area contributed by atoms with Crippen LogP contribution in [0.3, 0.4) is 0 Å². The lowest BCUT2D eigenvalue weighted by molar-refractivity contribution is 0.0949. The summed E-state index contributed by atoms with van der Waals surface area (Å²) in [7, 11) is 0. The van der Waals surface area contributed by atoms with Gasteiger partial charge in [-0.1, -0.05) is 76.6 Å². The van der Waals surface area contributed by atoms with E-state index in [9.17, 15) is 9.59 Å². The normalized spacial score (nSPS) is 12.6. The van der Waals surface area contributed by atoms with Crippen LogP contribution in [0.25, 0.3) is 11.1 Å². The molecule has 4 aromatic rings. The summed E-state index contributed by atoms with van der Waals surface area (Å²) in [4.78, 5) is 27.0. The second-order valence-electron chi connectivity index (χ2n) is 9.25. The molecule has 0 radical (unpaired) electrons. The summed E-state index contributed by atoms with van der Waals surface area (Å²) >= 11 is 3.53. The third-order valence-corrected chi connectivity index (χ3v) is 7.56. The highest BCUT2D eigenvalue weighted by Gasteiger charge is 2.19. The maximum absolute atomic E-state index is 12.8. The molecule has 0 saturated heterocycles. The summed E-state index contributed by atoms with van der Waals surface area (Å²) in [6, 6.07) is 29.6. The number of hydrogen-bond acceptors (Lipinski definition) is 3. The fraction of sp³-hybridized carbons (Fsp3) is 0.161. The molecule has 37 heavy (non-hydrogen) atoms. The van der Waals surface area contributed by atoms with Crippen LogP contribution in [-0.2, 0) is 19.5 Å². The van der Waals surface area contributed by atoms with Gasteiger partial charge in [-0.05, 0) is 71.0 Å². The molecule has 0 saturated carbocycles. The maximum atomic E-state index is 12.8. The van der Waals surface area contributed by atoms with Crippen molar-refractivity contribution >= 4 is 33.4 Å². The van der Waals surface area contributed by atoms with Crippen LogP contribution in [0.15, 0.2) is 95.5 Å². The first-order valence-electron chi connectivity index (χ1n) is 12.4. The lowest BCUT2D eigenvalue weighted by Crippen LogP contribution is -2.29. The summed E-state index contributed by atoms with van der Waals surface area (Å²) in [6.45, 7) is 2.22. The Morgan fingerprint density at radius 3 is 2.46 bits per heavy atom. The van der Waals surface area contributed by atoms with Gasteiger partial charge in [0.25, 0.3) is 5.91 Å². The van der Waals surface area contributed by atoms with Gasteiger partial charge in [0.05, 0.1) is 0 Å². The molecule has 1 aliphatic heterocycles. The van der Waals surface area contributed by atoms with E-state index >= 15 is 0 Å². The van der Waals surface area contributed by atoms with Crippen molar-refractivity contribution in [2.45, 2.75) is 25.9 Å². The van der Waals surface area contributed by atoms with E-state index in [-0.39, 0.29) is 5.91 Å². The van der Waals surface area contributed by atoms with E-state index in [1.165, 1.54) is 16.8 Å². The molecule has 4 aromatic carbocycles. The number of nitrogens with zero attached hydrogens (tertiary/aromatic N) is 1. The fourth-order valence-electron chi connectivity index (χ4n) is 4.86. The van der Waals surface area contributed by atoms with E-state index in [1.54, 1.807) is 6.07 Å².